The predicted octanol–water partition coefficient (Wildman–Crippen LogP) is 2.10. The molecule has 0 unspecified atom stereocenters. The van der Waals surface area contributed by atoms with Gasteiger partial charge in [0.1, 0.15) is 0 Å². The molecule has 0 aromatic heterocycles. The highest BCUT2D eigenvalue weighted by Crippen LogP contribution is 2.12. The minimum Gasteiger partial charge on any atom is -0.309 e. The average Bonchev–Trinajstić information content (AvgIpc) is 2.89. The van der Waals surface area contributed by atoms with Gasteiger partial charge < -0.3 is 5.32 Å². The van der Waals surface area contributed by atoms with Gasteiger partial charge in [0.05, 0.1) is 6.54 Å². The van der Waals surface area contributed by atoms with Crippen LogP contribution in [0.2, 0.25) is 0 Å². The number of hydrogen-bond donors (Lipinski definition) is 1. The van der Waals surface area contributed by atoms with Crippen LogP contribution < -0.4 is 5.32 Å². The molecule has 1 saturated carbocycles. The fraction of sp³-hybridized carbons (Fsp3) is 0.625. The van der Waals surface area contributed by atoms with Crippen molar-refractivity contribution < 1.29 is 13.2 Å². The number of nitrogens with zero attached hydrogens (tertiary/aromatic N) is 1. The lowest BCUT2D eigenvalue weighted by Crippen LogP contribution is -2.28. The lowest BCUT2D eigenvalue weighted by atomic mass is 10.6. The lowest BCUT2D eigenvalue weighted by Gasteiger charge is -2.04. The van der Waals surface area contributed by atoms with Crippen LogP contribution in [0.3, 0.4) is 0 Å². The molecule has 1 fully saturated rings. The van der Waals surface area contributed by atoms with Crippen molar-refractivity contribution in [1.82, 2.24) is 5.32 Å². The van der Waals surface area contributed by atoms with Crippen LogP contribution in [0.25, 0.3) is 0 Å². The van der Waals surface area contributed by atoms with E-state index in [4.69, 9.17) is 5.26 Å². The van der Waals surface area contributed by atoms with Gasteiger partial charge in [0.25, 0.3) is 0 Å². The van der Waals surface area contributed by atoms with Gasteiger partial charge in [-0.05, 0) is 32.7 Å². The van der Waals surface area contributed by atoms with Crippen molar-refractivity contribution in [3.63, 3.8) is 0 Å². The number of alkyl halides is 3. The molecule has 2 nitrogen and oxygen atoms in total. The highest BCUT2D eigenvalue weighted by atomic mass is 19.4. The third-order valence-corrected chi connectivity index (χ3v) is 0.791. The van der Waals surface area contributed by atoms with Crippen molar-refractivity contribution in [3.05, 3.63) is 13.3 Å². The van der Waals surface area contributed by atoms with Crippen LogP contribution in [0.15, 0.2) is 0 Å². The molecule has 0 amide bonds. The number of rotatable bonds is 2. The monoisotopic (exact) mass is 194 g/mol. The SMILES string of the molecule is C#N.[CH2]CNCC(F)(F)F.[CH]1CC1. The molecule has 0 saturated heterocycles. The van der Waals surface area contributed by atoms with Crippen molar-refractivity contribution in [1.29, 1.82) is 5.26 Å². The zero-order valence-electron chi connectivity index (χ0n) is 7.27. The molecule has 1 aliphatic rings. The highest BCUT2D eigenvalue weighted by Gasteiger charge is 2.25. The van der Waals surface area contributed by atoms with Crippen LogP contribution in [0.4, 0.5) is 13.2 Å². The summed E-state index contributed by atoms with van der Waals surface area (Å²) in [5.41, 5.74) is 0. The Morgan fingerprint density at radius 1 is 1.38 bits per heavy atom. The van der Waals surface area contributed by atoms with Crippen LogP contribution in [0.1, 0.15) is 12.8 Å². The molecule has 0 atom stereocenters. The van der Waals surface area contributed by atoms with Crippen molar-refractivity contribution in [2.24, 2.45) is 0 Å². The van der Waals surface area contributed by atoms with Crippen LogP contribution in [-0.4, -0.2) is 19.3 Å². The lowest BCUT2D eigenvalue weighted by molar-refractivity contribution is -0.124. The van der Waals surface area contributed by atoms with Gasteiger partial charge in [-0.15, -0.1) is 0 Å². The van der Waals surface area contributed by atoms with E-state index in [2.05, 4.69) is 25.2 Å². The Hall–Kier alpha value is -0.760. The maximum atomic E-state index is 11.2. The summed E-state index contributed by atoms with van der Waals surface area (Å²) in [5.74, 6) is 0. The topological polar surface area (TPSA) is 35.8 Å². The van der Waals surface area contributed by atoms with E-state index in [1.807, 2.05) is 0 Å². The predicted molar refractivity (Wildman–Crippen MR) is 44.5 cm³/mol. The molecular weight excluding hydrogens is 181 g/mol. The van der Waals surface area contributed by atoms with Gasteiger partial charge in [-0.3, -0.25) is 0 Å². The summed E-state index contributed by atoms with van der Waals surface area (Å²) >= 11 is 0. The molecule has 0 aliphatic heterocycles. The summed E-state index contributed by atoms with van der Waals surface area (Å²) < 4.78 is 33.5. The quantitative estimate of drug-likeness (QED) is 0.730. The van der Waals surface area contributed by atoms with E-state index in [-0.39, 0.29) is 6.54 Å². The Morgan fingerprint density at radius 3 is 1.85 bits per heavy atom. The Bertz CT molecular complexity index is 116. The van der Waals surface area contributed by atoms with E-state index < -0.39 is 12.7 Å². The van der Waals surface area contributed by atoms with Crippen molar-refractivity contribution >= 4 is 0 Å². The van der Waals surface area contributed by atoms with Crippen LogP contribution in [-0.2, 0) is 0 Å². The number of hydrogen-bond acceptors (Lipinski definition) is 2. The van der Waals surface area contributed by atoms with Gasteiger partial charge in [-0.2, -0.15) is 13.2 Å². The van der Waals surface area contributed by atoms with E-state index >= 15 is 0 Å². The average molecular weight is 194 g/mol. The van der Waals surface area contributed by atoms with Gasteiger partial charge in [0.2, 0.25) is 0 Å². The van der Waals surface area contributed by atoms with Gasteiger partial charge in [0, 0.05) is 6.57 Å². The van der Waals surface area contributed by atoms with Gasteiger partial charge in [-0.1, -0.05) is 0 Å². The van der Waals surface area contributed by atoms with Crippen molar-refractivity contribution in [2.45, 2.75) is 19.0 Å². The number of nitriles is 1. The molecule has 0 spiro atoms. The second-order valence-electron chi connectivity index (χ2n) is 2.16. The summed E-state index contributed by atoms with van der Waals surface area (Å²) in [6, 6.07) is 0. The molecule has 13 heavy (non-hydrogen) atoms. The van der Waals surface area contributed by atoms with Crippen molar-refractivity contribution in [2.75, 3.05) is 13.1 Å². The molecule has 76 valence electrons. The minimum atomic E-state index is -4.10. The van der Waals surface area contributed by atoms with E-state index in [0.717, 1.165) is 0 Å². The second-order valence-corrected chi connectivity index (χ2v) is 2.16. The summed E-state index contributed by atoms with van der Waals surface area (Å²) in [4.78, 5) is 0. The first-order valence-corrected chi connectivity index (χ1v) is 3.70. The van der Waals surface area contributed by atoms with Crippen LogP contribution >= 0.6 is 0 Å². The second kappa shape index (κ2) is 9.33. The summed E-state index contributed by atoms with van der Waals surface area (Å²) in [6.07, 6.45) is 0.900. The first-order valence-electron chi connectivity index (χ1n) is 3.70. The maximum Gasteiger partial charge on any atom is 0.401 e. The third kappa shape index (κ3) is 35.0. The largest absolute Gasteiger partial charge is 0.401 e. The molecular formula is C8H13F3N2. The minimum absolute atomic E-state index is 0.111. The van der Waals surface area contributed by atoms with E-state index in [9.17, 15) is 13.2 Å². The summed E-state index contributed by atoms with van der Waals surface area (Å²) in [7, 11) is 0. The molecule has 1 aliphatic carbocycles. The van der Waals surface area contributed by atoms with Crippen LogP contribution in [0.5, 0.6) is 0 Å². The van der Waals surface area contributed by atoms with Crippen LogP contribution in [0, 0.1) is 25.2 Å². The van der Waals surface area contributed by atoms with E-state index in [1.165, 1.54) is 12.8 Å². The molecule has 1 N–H and O–H groups in total. The molecule has 0 bridgehead atoms. The normalized spacial score (nSPS) is 13.1. The first kappa shape index (κ1) is 14.7. The molecule has 0 heterocycles. The molecule has 0 aromatic rings. The smallest absolute Gasteiger partial charge is 0.309 e. The number of halogens is 3. The number of nitrogens with one attached hydrogen (secondary N) is 1. The standard InChI is InChI=1S/C4H7F3N.C3H5.CHN/c1-2-8-3-4(5,6)7;1-2-3-1;1-2/h8H,1-3H2;1H,2-3H2;1H. The fourth-order valence-corrected chi connectivity index (χ4v) is 0.230. The Kier molecular flexibility index (Phi) is 10.6. The Labute approximate surface area is 76.7 Å². The molecule has 2 radical (unpaired) electrons. The molecule has 0 aromatic carbocycles. The Morgan fingerprint density at radius 2 is 1.77 bits per heavy atom. The van der Waals surface area contributed by atoms with Crippen molar-refractivity contribution in [3.8, 4) is 6.57 Å². The fourth-order valence-electron chi connectivity index (χ4n) is 0.230. The first-order chi connectivity index (χ1) is 6.06. The highest BCUT2D eigenvalue weighted by molar-refractivity contribution is 4.79. The molecule has 5 heteroatoms. The summed E-state index contributed by atoms with van der Waals surface area (Å²) in [5, 5.41) is 8.55. The van der Waals surface area contributed by atoms with E-state index in [1.54, 1.807) is 0 Å². The van der Waals surface area contributed by atoms with E-state index in [0.29, 0.717) is 0 Å². The zero-order valence-corrected chi connectivity index (χ0v) is 7.27. The summed E-state index contributed by atoms with van der Waals surface area (Å²) in [6.45, 7) is 5.84. The molecule has 1 rings (SSSR count). The van der Waals surface area contributed by atoms with Gasteiger partial charge in [-0.25, -0.2) is 5.26 Å². The zero-order chi connectivity index (χ0) is 10.7. The third-order valence-electron chi connectivity index (χ3n) is 0.791. The maximum absolute atomic E-state index is 11.2. The van der Waals surface area contributed by atoms with Gasteiger partial charge in [0.15, 0.2) is 0 Å². The van der Waals surface area contributed by atoms with Gasteiger partial charge >= 0.3 is 6.18 Å². The Balaban J connectivity index is 0.